The number of benzene rings is 2. The first kappa shape index (κ1) is 11.0. The fourth-order valence-corrected chi connectivity index (χ4v) is 2.63. The van der Waals surface area contributed by atoms with Gasteiger partial charge in [-0.05, 0) is 47.2 Å². The van der Waals surface area contributed by atoms with Crippen molar-refractivity contribution in [2.24, 2.45) is 0 Å². The Morgan fingerprint density at radius 1 is 1.11 bits per heavy atom. The lowest BCUT2D eigenvalue weighted by Crippen LogP contribution is -1.98. The maximum atomic E-state index is 13.6. The lowest BCUT2D eigenvalue weighted by atomic mass is 10.2. The number of halogens is 1. The van der Waals surface area contributed by atoms with Gasteiger partial charge in [-0.25, -0.2) is 4.39 Å². The molecule has 0 atom stereocenters. The first-order valence-corrected chi connectivity index (χ1v) is 6.40. The number of anilines is 3. The highest BCUT2D eigenvalue weighted by atomic mass is 32.1. The fourth-order valence-electron chi connectivity index (χ4n) is 1.86. The molecule has 0 amide bonds. The van der Waals surface area contributed by atoms with Crippen LogP contribution in [0.1, 0.15) is 0 Å². The lowest BCUT2D eigenvalue weighted by molar-refractivity contribution is 0.632. The normalized spacial score (nSPS) is 10.7. The summed E-state index contributed by atoms with van der Waals surface area (Å²) in [4.78, 5) is 0. The Labute approximate surface area is 108 Å². The van der Waals surface area contributed by atoms with Crippen LogP contribution in [0.15, 0.2) is 47.8 Å². The van der Waals surface area contributed by atoms with Crippen LogP contribution in [0.4, 0.5) is 21.5 Å². The Morgan fingerprint density at radius 3 is 2.83 bits per heavy atom. The number of nitrogens with two attached hydrogens (primary N) is 1. The third-order valence-corrected chi connectivity index (χ3v) is 3.67. The molecule has 0 unspecified atom stereocenters. The zero-order chi connectivity index (χ0) is 12.5. The van der Waals surface area contributed by atoms with Gasteiger partial charge in [-0.15, -0.1) is 11.3 Å². The summed E-state index contributed by atoms with van der Waals surface area (Å²) in [5, 5.41) is 6.20. The van der Waals surface area contributed by atoms with Crippen molar-refractivity contribution in [1.29, 1.82) is 0 Å². The van der Waals surface area contributed by atoms with Crippen LogP contribution in [0.2, 0.25) is 0 Å². The molecule has 4 heteroatoms. The van der Waals surface area contributed by atoms with E-state index in [-0.39, 0.29) is 5.82 Å². The van der Waals surface area contributed by atoms with Crippen LogP contribution < -0.4 is 11.1 Å². The molecule has 0 radical (unpaired) electrons. The van der Waals surface area contributed by atoms with Crippen molar-refractivity contribution >= 4 is 38.5 Å². The van der Waals surface area contributed by atoms with E-state index in [1.54, 1.807) is 23.5 Å². The van der Waals surface area contributed by atoms with Gasteiger partial charge in [-0.3, -0.25) is 0 Å². The summed E-state index contributed by atoms with van der Waals surface area (Å²) in [6.45, 7) is 0. The van der Waals surface area contributed by atoms with E-state index in [1.807, 2.05) is 29.6 Å². The standard InChI is InChI=1S/C14H11FN2S/c15-11-2-1-3-12(16)14(11)17-10-4-5-13-9(8-10)6-7-18-13/h1-8,17H,16H2. The predicted molar refractivity (Wildman–Crippen MR) is 75.9 cm³/mol. The van der Waals surface area contributed by atoms with Gasteiger partial charge < -0.3 is 11.1 Å². The quantitative estimate of drug-likeness (QED) is 0.670. The zero-order valence-electron chi connectivity index (χ0n) is 9.48. The molecular formula is C14H11FN2S. The molecule has 3 N–H and O–H groups in total. The van der Waals surface area contributed by atoms with E-state index in [0.717, 1.165) is 11.1 Å². The molecule has 0 saturated carbocycles. The largest absolute Gasteiger partial charge is 0.397 e. The molecule has 3 rings (SSSR count). The summed E-state index contributed by atoms with van der Waals surface area (Å²) in [6.07, 6.45) is 0. The minimum absolute atomic E-state index is 0.326. The second-order valence-electron chi connectivity index (χ2n) is 4.00. The van der Waals surface area contributed by atoms with Crippen molar-refractivity contribution in [3.05, 3.63) is 53.7 Å². The molecule has 0 spiro atoms. The van der Waals surface area contributed by atoms with Gasteiger partial charge in [0.2, 0.25) is 0 Å². The summed E-state index contributed by atoms with van der Waals surface area (Å²) in [5.41, 5.74) is 7.32. The molecular weight excluding hydrogens is 247 g/mol. The monoisotopic (exact) mass is 258 g/mol. The van der Waals surface area contributed by atoms with Crippen molar-refractivity contribution in [1.82, 2.24) is 0 Å². The smallest absolute Gasteiger partial charge is 0.148 e. The van der Waals surface area contributed by atoms with Crippen LogP contribution in [0.5, 0.6) is 0 Å². The molecule has 90 valence electrons. The first-order chi connectivity index (χ1) is 8.74. The number of thiophene rings is 1. The molecule has 2 aromatic carbocycles. The van der Waals surface area contributed by atoms with E-state index in [0.29, 0.717) is 11.4 Å². The van der Waals surface area contributed by atoms with Gasteiger partial charge in [-0.1, -0.05) is 6.07 Å². The van der Waals surface area contributed by atoms with E-state index < -0.39 is 0 Å². The van der Waals surface area contributed by atoms with E-state index in [1.165, 1.54) is 10.8 Å². The van der Waals surface area contributed by atoms with Gasteiger partial charge in [0, 0.05) is 10.4 Å². The van der Waals surface area contributed by atoms with Crippen molar-refractivity contribution in [3.63, 3.8) is 0 Å². The van der Waals surface area contributed by atoms with Gasteiger partial charge in [0.25, 0.3) is 0 Å². The Morgan fingerprint density at radius 2 is 2.00 bits per heavy atom. The molecule has 0 aliphatic carbocycles. The maximum Gasteiger partial charge on any atom is 0.148 e. The molecule has 18 heavy (non-hydrogen) atoms. The highest BCUT2D eigenvalue weighted by molar-refractivity contribution is 7.17. The topological polar surface area (TPSA) is 38.0 Å². The SMILES string of the molecule is Nc1cccc(F)c1Nc1ccc2sccc2c1. The number of nitrogens with one attached hydrogen (secondary N) is 1. The lowest BCUT2D eigenvalue weighted by Gasteiger charge is -2.10. The molecule has 0 saturated heterocycles. The number of para-hydroxylation sites is 1. The molecule has 0 bridgehead atoms. The Bertz CT molecular complexity index is 686. The Kier molecular flexibility index (Phi) is 2.64. The predicted octanol–water partition coefficient (Wildman–Crippen LogP) is 4.37. The molecule has 0 fully saturated rings. The number of nitrogen functional groups attached to an aromatic ring is 1. The van der Waals surface area contributed by atoms with Gasteiger partial charge in [0.05, 0.1) is 11.4 Å². The summed E-state index contributed by atoms with van der Waals surface area (Å²) in [5.74, 6) is -0.347. The number of rotatable bonds is 2. The summed E-state index contributed by atoms with van der Waals surface area (Å²) >= 11 is 1.68. The number of hydrogen-bond acceptors (Lipinski definition) is 3. The summed E-state index contributed by atoms with van der Waals surface area (Å²) < 4.78 is 14.9. The molecule has 1 aromatic heterocycles. The highest BCUT2D eigenvalue weighted by Gasteiger charge is 2.06. The second kappa shape index (κ2) is 4.31. The minimum atomic E-state index is -0.347. The Hall–Kier alpha value is -2.07. The fraction of sp³-hybridized carbons (Fsp3) is 0. The third kappa shape index (κ3) is 1.91. The van der Waals surface area contributed by atoms with E-state index in [9.17, 15) is 4.39 Å². The van der Waals surface area contributed by atoms with Crippen molar-refractivity contribution in [3.8, 4) is 0 Å². The average molecular weight is 258 g/mol. The molecule has 1 heterocycles. The second-order valence-corrected chi connectivity index (χ2v) is 4.95. The van der Waals surface area contributed by atoms with Crippen molar-refractivity contribution in [2.45, 2.75) is 0 Å². The van der Waals surface area contributed by atoms with Crippen LogP contribution in [0.25, 0.3) is 10.1 Å². The van der Waals surface area contributed by atoms with Gasteiger partial charge in [0.1, 0.15) is 5.82 Å². The zero-order valence-corrected chi connectivity index (χ0v) is 10.3. The van der Waals surface area contributed by atoms with Crippen LogP contribution in [0, 0.1) is 5.82 Å². The molecule has 2 nitrogen and oxygen atoms in total. The third-order valence-electron chi connectivity index (χ3n) is 2.77. The minimum Gasteiger partial charge on any atom is -0.397 e. The number of hydrogen-bond donors (Lipinski definition) is 2. The van der Waals surface area contributed by atoms with Crippen LogP contribution in [-0.4, -0.2) is 0 Å². The van der Waals surface area contributed by atoms with Crippen LogP contribution in [0.3, 0.4) is 0 Å². The van der Waals surface area contributed by atoms with E-state index in [2.05, 4.69) is 5.32 Å². The molecule has 0 aliphatic rings. The summed E-state index contributed by atoms with van der Waals surface area (Å²) in [7, 11) is 0. The first-order valence-electron chi connectivity index (χ1n) is 5.52. The van der Waals surface area contributed by atoms with Gasteiger partial charge >= 0.3 is 0 Å². The highest BCUT2D eigenvalue weighted by Crippen LogP contribution is 2.29. The van der Waals surface area contributed by atoms with Crippen LogP contribution >= 0.6 is 11.3 Å². The van der Waals surface area contributed by atoms with Crippen LogP contribution in [-0.2, 0) is 0 Å². The molecule has 0 aliphatic heterocycles. The summed E-state index contributed by atoms with van der Waals surface area (Å²) in [6, 6.07) is 12.6. The van der Waals surface area contributed by atoms with Gasteiger partial charge in [0.15, 0.2) is 0 Å². The van der Waals surface area contributed by atoms with Gasteiger partial charge in [-0.2, -0.15) is 0 Å². The van der Waals surface area contributed by atoms with Crippen molar-refractivity contribution < 1.29 is 4.39 Å². The average Bonchev–Trinajstić information content (AvgIpc) is 2.81. The number of fused-ring (bicyclic) bond motifs is 1. The Balaban J connectivity index is 2.00. The van der Waals surface area contributed by atoms with E-state index >= 15 is 0 Å². The maximum absolute atomic E-state index is 13.6. The van der Waals surface area contributed by atoms with Crippen molar-refractivity contribution in [2.75, 3.05) is 11.1 Å². The van der Waals surface area contributed by atoms with E-state index in [4.69, 9.17) is 5.73 Å². The molecule has 3 aromatic rings.